The maximum Gasteiger partial charge on any atom is 0.435 e. The standard InChI is InChI=1S/C34H37BrN2O4/c1-34-17-16-29-28-15-13-27(40-21-22-6-4-3-5-7-22)18-23(28)8-14-30(29)31(34)19-25(20-35)37-32(34)36(33(38)41-37)24-9-11-26(39-2)12-10-24/h3-7,9-13,15,18,25,29-32H,8,14,16-17,19-21H2,1-2H3/t25-,29-,30-,31+,32-,34+/m1/s1. The number of rotatable bonds is 6. The number of hydroxylamine groups is 2. The van der Waals surface area contributed by atoms with Gasteiger partial charge in [0.1, 0.15) is 24.3 Å². The molecular weight excluding hydrogens is 580 g/mol. The lowest BCUT2D eigenvalue weighted by Crippen LogP contribution is -2.64. The van der Waals surface area contributed by atoms with Crippen LogP contribution in [0.25, 0.3) is 0 Å². The Morgan fingerprint density at radius 2 is 1.80 bits per heavy atom. The summed E-state index contributed by atoms with van der Waals surface area (Å²) in [5, 5.41) is 2.78. The number of hydrogen-bond acceptors (Lipinski definition) is 5. The summed E-state index contributed by atoms with van der Waals surface area (Å²) in [5.41, 5.74) is 4.90. The van der Waals surface area contributed by atoms with E-state index in [0.29, 0.717) is 24.4 Å². The minimum Gasteiger partial charge on any atom is -0.497 e. The number of fused-ring (bicyclic) bond motifs is 7. The first-order valence-electron chi connectivity index (χ1n) is 14.8. The van der Waals surface area contributed by atoms with Crippen molar-refractivity contribution in [1.29, 1.82) is 0 Å². The molecule has 2 aliphatic heterocycles. The monoisotopic (exact) mass is 616 g/mol. The predicted octanol–water partition coefficient (Wildman–Crippen LogP) is 7.70. The Labute approximate surface area is 250 Å². The number of aryl methyl sites for hydroxylation is 1. The number of alkyl halides is 1. The molecule has 6 nitrogen and oxygen atoms in total. The van der Waals surface area contributed by atoms with Gasteiger partial charge in [-0.15, -0.1) is 5.06 Å². The van der Waals surface area contributed by atoms with Crippen molar-refractivity contribution in [3.05, 3.63) is 89.5 Å². The van der Waals surface area contributed by atoms with Crippen LogP contribution in [0.1, 0.15) is 55.2 Å². The Kier molecular flexibility index (Phi) is 6.98. The van der Waals surface area contributed by atoms with Crippen molar-refractivity contribution in [3.63, 3.8) is 0 Å². The van der Waals surface area contributed by atoms with Gasteiger partial charge in [0.05, 0.1) is 13.2 Å². The maximum atomic E-state index is 13.4. The molecule has 0 spiro atoms. The fraction of sp³-hybridized carbons (Fsp3) is 0.441. The van der Waals surface area contributed by atoms with Gasteiger partial charge in [-0.3, -0.25) is 4.90 Å². The summed E-state index contributed by atoms with van der Waals surface area (Å²) in [7, 11) is 1.66. The lowest BCUT2D eigenvalue weighted by Gasteiger charge is -2.59. The molecule has 1 saturated carbocycles. The van der Waals surface area contributed by atoms with Crippen LogP contribution >= 0.6 is 15.9 Å². The maximum absolute atomic E-state index is 13.4. The van der Waals surface area contributed by atoms with Crippen LogP contribution in [0.2, 0.25) is 0 Å². The molecule has 0 N–H and O–H groups in total. The highest BCUT2D eigenvalue weighted by Crippen LogP contribution is 2.62. The number of carbonyl (C=O) groups is 1. The number of piperidine rings is 1. The lowest BCUT2D eigenvalue weighted by molar-refractivity contribution is -0.205. The number of carbonyl (C=O) groups excluding carboxylic acids is 1. The molecule has 2 saturated heterocycles. The topological polar surface area (TPSA) is 51.2 Å². The van der Waals surface area contributed by atoms with E-state index in [9.17, 15) is 4.79 Å². The molecule has 3 fully saturated rings. The molecule has 2 heterocycles. The minimum absolute atomic E-state index is 0.0812. The third-order valence-electron chi connectivity index (χ3n) is 10.3. The number of hydrogen-bond donors (Lipinski definition) is 0. The van der Waals surface area contributed by atoms with Gasteiger partial charge in [0.15, 0.2) is 0 Å². The SMILES string of the molecule is COc1ccc(N2C(=O)ON3[C@@H](CBr)C[C@H]4[C@@H]5CCc6cc(OCc7ccccc7)ccc6[C@H]5CC[C@]4(C)[C@H]23)cc1. The molecule has 2 aliphatic carbocycles. The zero-order chi connectivity index (χ0) is 28.1. The Morgan fingerprint density at radius 3 is 2.56 bits per heavy atom. The van der Waals surface area contributed by atoms with Crippen LogP contribution in [-0.2, 0) is 17.9 Å². The van der Waals surface area contributed by atoms with Crippen molar-refractivity contribution in [2.75, 3.05) is 17.3 Å². The van der Waals surface area contributed by atoms with E-state index in [2.05, 4.69) is 65.3 Å². The van der Waals surface area contributed by atoms with Gasteiger partial charge in [-0.25, -0.2) is 4.79 Å². The third kappa shape index (κ3) is 4.52. The number of ether oxygens (including phenoxy) is 2. The van der Waals surface area contributed by atoms with E-state index in [1.807, 2.05) is 40.3 Å². The molecule has 6 atom stereocenters. The highest BCUT2D eigenvalue weighted by Gasteiger charge is 2.63. The van der Waals surface area contributed by atoms with Crippen LogP contribution < -0.4 is 14.4 Å². The van der Waals surface area contributed by atoms with Gasteiger partial charge in [-0.1, -0.05) is 59.3 Å². The molecule has 0 aromatic heterocycles. The second kappa shape index (κ2) is 10.7. The van der Waals surface area contributed by atoms with E-state index in [0.717, 1.165) is 48.2 Å². The molecule has 3 aromatic rings. The highest BCUT2D eigenvalue weighted by molar-refractivity contribution is 9.09. The molecule has 4 aliphatic rings. The number of methoxy groups -OCH3 is 1. The summed E-state index contributed by atoms with van der Waals surface area (Å²) in [6.45, 7) is 2.99. The Hall–Kier alpha value is -3.03. The third-order valence-corrected chi connectivity index (χ3v) is 11.0. The fourth-order valence-electron chi connectivity index (χ4n) is 8.28. The summed E-state index contributed by atoms with van der Waals surface area (Å²) in [5.74, 6) is 3.34. The van der Waals surface area contributed by atoms with Gasteiger partial charge < -0.3 is 14.3 Å². The first-order chi connectivity index (χ1) is 20.0. The molecule has 214 valence electrons. The molecule has 7 heteroatoms. The molecule has 0 bridgehead atoms. The summed E-state index contributed by atoms with van der Waals surface area (Å²) >= 11 is 3.77. The zero-order valence-electron chi connectivity index (χ0n) is 23.7. The van der Waals surface area contributed by atoms with E-state index in [-0.39, 0.29) is 23.7 Å². The van der Waals surface area contributed by atoms with Gasteiger partial charge in [0.25, 0.3) is 0 Å². The van der Waals surface area contributed by atoms with E-state index in [1.165, 1.54) is 23.1 Å². The van der Waals surface area contributed by atoms with Crippen molar-refractivity contribution in [1.82, 2.24) is 5.06 Å². The van der Waals surface area contributed by atoms with Gasteiger partial charge in [0.2, 0.25) is 0 Å². The van der Waals surface area contributed by atoms with Gasteiger partial charge in [-0.2, -0.15) is 0 Å². The zero-order valence-corrected chi connectivity index (χ0v) is 25.3. The van der Waals surface area contributed by atoms with E-state index in [1.54, 1.807) is 7.11 Å². The van der Waals surface area contributed by atoms with Crippen LogP contribution in [0.5, 0.6) is 11.5 Å². The van der Waals surface area contributed by atoms with Gasteiger partial charge in [-0.05, 0) is 103 Å². The van der Waals surface area contributed by atoms with Crippen molar-refractivity contribution in [2.24, 2.45) is 17.3 Å². The number of amides is 1. The Balaban J connectivity index is 1.16. The number of nitrogens with zero attached hydrogens (tertiary/aromatic N) is 2. The second-order valence-corrected chi connectivity index (χ2v) is 12.9. The van der Waals surface area contributed by atoms with Gasteiger partial charge in [0, 0.05) is 16.4 Å². The summed E-state index contributed by atoms with van der Waals surface area (Å²) in [4.78, 5) is 21.3. The van der Waals surface area contributed by atoms with Crippen LogP contribution in [0.15, 0.2) is 72.8 Å². The summed E-state index contributed by atoms with van der Waals surface area (Å²) < 4.78 is 11.6. The van der Waals surface area contributed by atoms with Crippen LogP contribution in [0.3, 0.4) is 0 Å². The minimum atomic E-state index is -0.285. The molecule has 1 amide bonds. The van der Waals surface area contributed by atoms with Crippen molar-refractivity contribution < 1.29 is 19.1 Å². The fourth-order valence-corrected chi connectivity index (χ4v) is 8.83. The molecule has 7 rings (SSSR count). The molecule has 41 heavy (non-hydrogen) atoms. The average Bonchev–Trinajstić information content (AvgIpc) is 3.37. The van der Waals surface area contributed by atoms with Gasteiger partial charge >= 0.3 is 6.09 Å². The van der Waals surface area contributed by atoms with Crippen molar-refractivity contribution in [3.8, 4) is 11.5 Å². The molecule has 0 radical (unpaired) electrons. The average molecular weight is 618 g/mol. The second-order valence-electron chi connectivity index (χ2n) is 12.3. The largest absolute Gasteiger partial charge is 0.497 e. The first-order valence-corrected chi connectivity index (χ1v) is 15.9. The number of halogens is 1. The van der Waals surface area contributed by atoms with Crippen molar-refractivity contribution in [2.45, 2.75) is 63.8 Å². The molecule has 3 aromatic carbocycles. The molecule has 0 unspecified atom stereocenters. The lowest BCUT2D eigenvalue weighted by atomic mass is 9.51. The Morgan fingerprint density at radius 1 is 1.02 bits per heavy atom. The number of benzene rings is 3. The molecular formula is C34H37BrN2O4. The smallest absolute Gasteiger partial charge is 0.435 e. The van der Waals surface area contributed by atoms with E-state index >= 15 is 0 Å². The van der Waals surface area contributed by atoms with Crippen LogP contribution in [0, 0.1) is 17.3 Å². The van der Waals surface area contributed by atoms with Crippen LogP contribution in [-0.4, -0.2) is 35.8 Å². The Bertz CT molecular complexity index is 1420. The van der Waals surface area contributed by atoms with Crippen LogP contribution in [0.4, 0.5) is 10.5 Å². The normalized spacial score (nSPS) is 30.5. The highest BCUT2D eigenvalue weighted by atomic mass is 79.9. The summed E-state index contributed by atoms with van der Waals surface area (Å²) in [6, 6.07) is 25.0. The first kappa shape index (κ1) is 26.8. The van der Waals surface area contributed by atoms with Crippen molar-refractivity contribution >= 4 is 27.7 Å². The predicted molar refractivity (Wildman–Crippen MR) is 162 cm³/mol. The summed E-state index contributed by atoms with van der Waals surface area (Å²) in [6.07, 6.45) is 4.99. The van der Waals surface area contributed by atoms with E-state index < -0.39 is 0 Å². The quantitative estimate of drug-likeness (QED) is 0.266. The number of anilines is 1. The van der Waals surface area contributed by atoms with E-state index in [4.69, 9.17) is 14.3 Å².